The van der Waals surface area contributed by atoms with Crippen molar-refractivity contribution < 1.29 is 0 Å². The van der Waals surface area contributed by atoms with Gasteiger partial charge in [-0.25, -0.2) is 0 Å². The summed E-state index contributed by atoms with van der Waals surface area (Å²) in [6.45, 7) is 0. The average Bonchev–Trinajstić information content (AvgIpc) is 2.75. The number of H-pyrrole nitrogens is 1. The first-order chi connectivity index (χ1) is 8.25. The highest BCUT2D eigenvalue weighted by atomic mass is 79.9. The Balaban J connectivity index is 2.26. The summed E-state index contributed by atoms with van der Waals surface area (Å²) >= 11 is 9.73. The topological polar surface area (TPSA) is 15.8 Å². The molecule has 0 amide bonds. The van der Waals surface area contributed by atoms with E-state index in [0.29, 0.717) is 0 Å². The number of hydrogen-bond acceptors (Lipinski definition) is 0. The molecule has 3 aromatic rings. The standard InChI is InChI=1S/C14H9BrClN/c15-11-6-3-4-9-8-13(17-14(9)11)10-5-1-2-7-12(10)16/h1-8,17H. The van der Waals surface area contributed by atoms with Crippen LogP contribution in [0, 0.1) is 0 Å². The zero-order valence-electron chi connectivity index (χ0n) is 8.87. The molecule has 1 N–H and O–H groups in total. The van der Waals surface area contributed by atoms with Crippen LogP contribution in [0.2, 0.25) is 5.02 Å². The summed E-state index contributed by atoms with van der Waals surface area (Å²) < 4.78 is 1.06. The summed E-state index contributed by atoms with van der Waals surface area (Å²) in [6, 6.07) is 16.1. The van der Waals surface area contributed by atoms with Crippen molar-refractivity contribution in [2.45, 2.75) is 0 Å². The lowest BCUT2D eigenvalue weighted by Crippen LogP contribution is -1.78. The van der Waals surface area contributed by atoms with E-state index in [1.807, 2.05) is 36.4 Å². The van der Waals surface area contributed by atoms with Crippen molar-refractivity contribution in [2.24, 2.45) is 0 Å². The number of rotatable bonds is 1. The molecule has 3 rings (SSSR count). The lowest BCUT2D eigenvalue weighted by molar-refractivity contribution is 1.44. The monoisotopic (exact) mass is 305 g/mol. The van der Waals surface area contributed by atoms with Crippen LogP contribution >= 0.6 is 27.5 Å². The Morgan fingerprint density at radius 3 is 2.59 bits per heavy atom. The fourth-order valence-electron chi connectivity index (χ4n) is 1.94. The van der Waals surface area contributed by atoms with E-state index in [1.54, 1.807) is 0 Å². The quantitative estimate of drug-likeness (QED) is 0.632. The van der Waals surface area contributed by atoms with Crippen molar-refractivity contribution in [3.63, 3.8) is 0 Å². The van der Waals surface area contributed by atoms with Crippen molar-refractivity contribution >= 4 is 38.4 Å². The van der Waals surface area contributed by atoms with E-state index < -0.39 is 0 Å². The van der Waals surface area contributed by atoms with E-state index in [9.17, 15) is 0 Å². The second-order valence-corrected chi connectivity index (χ2v) is 5.13. The molecule has 17 heavy (non-hydrogen) atoms. The van der Waals surface area contributed by atoms with Gasteiger partial charge in [-0.05, 0) is 34.1 Å². The Morgan fingerprint density at radius 1 is 1.00 bits per heavy atom. The minimum Gasteiger partial charge on any atom is -0.354 e. The molecule has 0 fully saturated rings. The molecule has 0 aliphatic rings. The van der Waals surface area contributed by atoms with E-state index >= 15 is 0 Å². The molecule has 0 radical (unpaired) electrons. The molecule has 1 nitrogen and oxygen atoms in total. The molecule has 0 bridgehead atoms. The van der Waals surface area contributed by atoms with Crippen molar-refractivity contribution in [3.8, 4) is 11.3 Å². The number of benzene rings is 2. The zero-order valence-corrected chi connectivity index (χ0v) is 11.2. The minimum absolute atomic E-state index is 0.759. The molecule has 0 aliphatic heterocycles. The van der Waals surface area contributed by atoms with Gasteiger partial charge in [0.1, 0.15) is 0 Å². The first kappa shape index (κ1) is 10.9. The maximum Gasteiger partial charge on any atom is 0.0603 e. The number of aromatic amines is 1. The Bertz CT molecular complexity index is 688. The zero-order chi connectivity index (χ0) is 11.8. The highest BCUT2D eigenvalue weighted by molar-refractivity contribution is 9.10. The van der Waals surface area contributed by atoms with E-state index in [-0.39, 0.29) is 0 Å². The third-order valence-electron chi connectivity index (χ3n) is 2.77. The lowest BCUT2D eigenvalue weighted by atomic mass is 10.1. The number of aromatic nitrogens is 1. The van der Waals surface area contributed by atoms with E-state index in [2.05, 4.69) is 33.0 Å². The van der Waals surface area contributed by atoms with Crippen LogP contribution in [0.25, 0.3) is 22.2 Å². The number of fused-ring (bicyclic) bond motifs is 1. The van der Waals surface area contributed by atoms with E-state index in [1.165, 1.54) is 5.39 Å². The third kappa shape index (κ3) is 1.88. The van der Waals surface area contributed by atoms with Crippen LogP contribution in [0.5, 0.6) is 0 Å². The minimum atomic E-state index is 0.759. The van der Waals surface area contributed by atoms with Gasteiger partial charge >= 0.3 is 0 Å². The second-order valence-electron chi connectivity index (χ2n) is 3.87. The maximum atomic E-state index is 6.19. The summed E-state index contributed by atoms with van der Waals surface area (Å²) in [5, 5.41) is 1.93. The van der Waals surface area contributed by atoms with Crippen molar-refractivity contribution in [1.29, 1.82) is 0 Å². The van der Waals surface area contributed by atoms with Crippen LogP contribution in [0.3, 0.4) is 0 Å². The normalized spacial score (nSPS) is 10.9. The van der Waals surface area contributed by atoms with E-state index in [4.69, 9.17) is 11.6 Å². The number of hydrogen-bond donors (Lipinski definition) is 1. The van der Waals surface area contributed by atoms with Crippen LogP contribution in [0.15, 0.2) is 53.0 Å². The van der Waals surface area contributed by atoms with Gasteiger partial charge in [-0.2, -0.15) is 0 Å². The van der Waals surface area contributed by atoms with Crippen LogP contribution in [0.4, 0.5) is 0 Å². The van der Waals surface area contributed by atoms with Gasteiger partial charge in [0.2, 0.25) is 0 Å². The van der Waals surface area contributed by atoms with Gasteiger partial charge in [-0.15, -0.1) is 0 Å². The van der Waals surface area contributed by atoms with Crippen LogP contribution < -0.4 is 0 Å². The second kappa shape index (κ2) is 4.21. The first-order valence-corrected chi connectivity index (χ1v) is 6.45. The molecule has 0 spiro atoms. The summed E-state index contributed by atoms with van der Waals surface area (Å²) in [5.41, 5.74) is 3.16. The van der Waals surface area contributed by atoms with Crippen molar-refractivity contribution in [3.05, 3.63) is 58.0 Å². The van der Waals surface area contributed by atoms with Gasteiger partial charge < -0.3 is 4.98 Å². The summed E-state index contributed by atoms with van der Waals surface area (Å²) in [6.07, 6.45) is 0. The van der Waals surface area contributed by atoms with Gasteiger partial charge in [0, 0.05) is 26.1 Å². The lowest BCUT2D eigenvalue weighted by Gasteiger charge is -2.00. The molecule has 84 valence electrons. The highest BCUT2D eigenvalue weighted by Crippen LogP contribution is 2.32. The summed E-state index contributed by atoms with van der Waals surface area (Å²) in [4.78, 5) is 3.39. The molecule has 1 aromatic heterocycles. The Hall–Kier alpha value is -1.25. The van der Waals surface area contributed by atoms with Gasteiger partial charge in [0.05, 0.1) is 5.52 Å². The molecule has 0 aliphatic carbocycles. The fraction of sp³-hybridized carbons (Fsp3) is 0. The van der Waals surface area contributed by atoms with E-state index in [0.717, 1.165) is 26.3 Å². The molecular weight excluding hydrogens is 298 g/mol. The largest absolute Gasteiger partial charge is 0.354 e. The average molecular weight is 307 g/mol. The predicted octanol–water partition coefficient (Wildman–Crippen LogP) is 5.25. The number of halogens is 2. The third-order valence-corrected chi connectivity index (χ3v) is 3.76. The van der Waals surface area contributed by atoms with Gasteiger partial charge in [0.25, 0.3) is 0 Å². The maximum absolute atomic E-state index is 6.19. The van der Waals surface area contributed by atoms with Gasteiger partial charge in [0.15, 0.2) is 0 Å². The molecule has 3 heteroatoms. The molecule has 0 saturated carbocycles. The Labute approximate surface area is 113 Å². The van der Waals surface area contributed by atoms with Crippen molar-refractivity contribution in [1.82, 2.24) is 4.98 Å². The first-order valence-electron chi connectivity index (χ1n) is 5.28. The van der Waals surface area contributed by atoms with Crippen LogP contribution in [-0.2, 0) is 0 Å². The predicted molar refractivity (Wildman–Crippen MR) is 76.4 cm³/mol. The smallest absolute Gasteiger partial charge is 0.0603 e. The van der Waals surface area contributed by atoms with Gasteiger partial charge in [-0.1, -0.05) is 41.9 Å². The van der Waals surface area contributed by atoms with Crippen LogP contribution in [0.1, 0.15) is 0 Å². The fourth-order valence-corrected chi connectivity index (χ4v) is 2.66. The molecular formula is C14H9BrClN. The summed E-state index contributed by atoms with van der Waals surface area (Å²) in [7, 11) is 0. The molecule has 0 unspecified atom stereocenters. The molecule has 1 heterocycles. The number of para-hydroxylation sites is 1. The van der Waals surface area contributed by atoms with Gasteiger partial charge in [-0.3, -0.25) is 0 Å². The Morgan fingerprint density at radius 2 is 1.82 bits per heavy atom. The van der Waals surface area contributed by atoms with Crippen LogP contribution in [-0.4, -0.2) is 4.98 Å². The Kier molecular flexibility index (Phi) is 2.69. The number of nitrogens with one attached hydrogen (secondary N) is 1. The summed E-state index contributed by atoms with van der Waals surface area (Å²) in [5.74, 6) is 0. The molecule has 0 atom stereocenters. The molecule has 0 saturated heterocycles. The van der Waals surface area contributed by atoms with Crippen molar-refractivity contribution in [2.75, 3.05) is 0 Å². The molecule has 2 aromatic carbocycles. The highest BCUT2D eigenvalue weighted by Gasteiger charge is 2.07. The SMILES string of the molecule is Clc1ccccc1-c1cc2cccc(Br)c2[nH]1.